The standard InChI is InChI=1S/C20H32N4O5S/c1-6-24(7-2)30(27,28)17-13-15(9-10-16(17)29-8-3)22-18(25)14-23-12-11-21-19(26)20(23,4)5/h9-10,13H,6-8,11-12,14H2,1-5H3,(H,21,26)(H,22,25). The Labute approximate surface area is 178 Å². The van der Waals surface area contributed by atoms with Crippen LogP contribution < -0.4 is 15.4 Å². The molecule has 1 aromatic carbocycles. The average Bonchev–Trinajstić information content (AvgIpc) is 2.68. The number of benzene rings is 1. The van der Waals surface area contributed by atoms with Gasteiger partial charge in [-0.3, -0.25) is 14.5 Å². The van der Waals surface area contributed by atoms with Crippen LogP contribution in [-0.2, 0) is 19.6 Å². The molecule has 0 atom stereocenters. The van der Waals surface area contributed by atoms with E-state index in [9.17, 15) is 18.0 Å². The number of hydrogen-bond donors (Lipinski definition) is 2. The number of anilines is 1. The maximum atomic E-state index is 13.0. The van der Waals surface area contributed by atoms with Gasteiger partial charge in [-0.2, -0.15) is 4.31 Å². The zero-order chi connectivity index (χ0) is 22.5. The van der Waals surface area contributed by atoms with Crippen LogP contribution in [0.15, 0.2) is 23.1 Å². The summed E-state index contributed by atoms with van der Waals surface area (Å²) in [6.45, 7) is 10.9. The van der Waals surface area contributed by atoms with Gasteiger partial charge in [-0.05, 0) is 39.0 Å². The number of nitrogens with one attached hydrogen (secondary N) is 2. The van der Waals surface area contributed by atoms with Crippen molar-refractivity contribution in [1.29, 1.82) is 0 Å². The monoisotopic (exact) mass is 440 g/mol. The third-order valence-electron chi connectivity index (χ3n) is 5.20. The van der Waals surface area contributed by atoms with Crippen LogP contribution in [0.4, 0.5) is 5.69 Å². The molecule has 1 fully saturated rings. The Hall–Kier alpha value is -2.17. The van der Waals surface area contributed by atoms with Gasteiger partial charge in [0.05, 0.1) is 18.7 Å². The predicted octanol–water partition coefficient (Wildman–Crippen LogP) is 1.26. The zero-order valence-electron chi connectivity index (χ0n) is 18.3. The van der Waals surface area contributed by atoms with Gasteiger partial charge in [0.25, 0.3) is 0 Å². The van der Waals surface area contributed by atoms with Crippen molar-refractivity contribution in [1.82, 2.24) is 14.5 Å². The summed E-state index contributed by atoms with van der Waals surface area (Å²) in [5.41, 5.74) is -0.445. The molecule has 0 bridgehead atoms. The normalized spacial score (nSPS) is 16.9. The highest BCUT2D eigenvalue weighted by molar-refractivity contribution is 7.89. The van der Waals surface area contributed by atoms with E-state index in [0.717, 1.165) is 0 Å². The average molecular weight is 441 g/mol. The molecule has 0 unspecified atom stereocenters. The molecule has 0 radical (unpaired) electrons. The summed E-state index contributed by atoms with van der Waals surface area (Å²) in [6.07, 6.45) is 0. The molecule has 0 saturated carbocycles. The fourth-order valence-corrected chi connectivity index (χ4v) is 4.97. The molecule has 30 heavy (non-hydrogen) atoms. The van der Waals surface area contributed by atoms with Crippen molar-refractivity contribution < 1.29 is 22.7 Å². The number of amides is 2. The highest BCUT2D eigenvalue weighted by Gasteiger charge is 2.38. The second kappa shape index (κ2) is 9.76. The van der Waals surface area contributed by atoms with Crippen LogP contribution >= 0.6 is 0 Å². The van der Waals surface area contributed by atoms with Crippen molar-refractivity contribution in [2.75, 3.05) is 44.6 Å². The van der Waals surface area contributed by atoms with E-state index in [1.54, 1.807) is 51.7 Å². The fourth-order valence-electron chi connectivity index (χ4n) is 3.36. The minimum Gasteiger partial charge on any atom is -0.492 e. The number of carbonyl (C=O) groups excluding carboxylic acids is 2. The summed E-state index contributed by atoms with van der Waals surface area (Å²) in [5.74, 6) is -0.209. The fraction of sp³-hybridized carbons (Fsp3) is 0.600. The molecule has 0 aliphatic carbocycles. The molecule has 1 aromatic rings. The third-order valence-corrected chi connectivity index (χ3v) is 7.27. The minimum absolute atomic E-state index is 0.0172. The van der Waals surface area contributed by atoms with E-state index in [2.05, 4.69) is 10.6 Å². The minimum atomic E-state index is -3.77. The summed E-state index contributed by atoms with van der Waals surface area (Å²) < 4.78 is 32.9. The lowest BCUT2D eigenvalue weighted by molar-refractivity contribution is -0.136. The van der Waals surface area contributed by atoms with Crippen molar-refractivity contribution in [3.05, 3.63) is 18.2 Å². The first kappa shape index (κ1) is 24.1. The molecule has 1 aliphatic rings. The first-order valence-electron chi connectivity index (χ1n) is 10.2. The van der Waals surface area contributed by atoms with Gasteiger partial charge in [0, 0.05) is 31.9 Å². The Kier molecular flexibility index (Phi) is 7.84. The van der Waals surface area contributed by atoms with Gasteiger partial charge in [0.15, 0.2) is 0 Å². The highest BCUT2D eigenvalue weighted by atomic mass is 32.2. The topological polar surface area (TPSA) is 108 Å². The van der Waals surface area contributed by atoms with E-state index in [-0.39, 0.29) is 29.0 Å². The number of ether oxygens (including phenoxy) is 1. The molecule has 0 aromatic heterocycles. The van der Waals surface area contributed by atoms with Crippen LogP contribution in [0, 0.1) is 0 Å². The molecular weight excluding hydrogens is 408 g/mol. The summed E-state index contributed by atoms with van der Waals surface area (Å²) in [4.78, 5) is 26.5. The molecule has 2 amide bonds. The smallest absolute Gasteiger partial charge is 0.246 e. The van der Waals surface area contributed by atoms with E-state index in [0.29, 0.717) is 38.5 Å². The lowest BCUT2D eigenvalue weighted by Gasteiger charge is -2.40. The molecule has 0 spiro atoms. The molecule has 1 heterocycles. The maximum Gasteiger partial charge on any atom is 0.246 e. The number of piperazine rings is 1. The molecular formula is C20H32N4O5S. The van der Waals surface area contributed by atoms with Crippen molar-refractivity contribution in [3.8, 4) is 5.75 Å². The van der Waals surface area contributed by atoms with Crippen LogP contribution in [0.1, 0.15) is 34.6 Å². The van der Waals surface area contributed by atoms with Crippen molar-refractivity contribution in [3.63, 3.8) is 0 Å². The quantitative estimate of drug-likeness (QED) is 0.599. The SMILES string of the molecule is CCOc1ccc(NC(=O)CN2CCNC(=O)C2(C)C)cc1S(=O)(=O)N(CC)CC. The summed E-state index contributed by atoms with van der Waals surface area (Å²) >= 11 is 0. The van der Waals surface area contributed by atoms with Gasteiger partial charge in [0.1, 0.15) is 10.6 Å². The highest BCUT2D eigenvalue weighted by Crippen LogP contribution is 2.30. The van der Waals surface area contributed by atoms with E-state index >= 15 is 0 Å². The number of nitrogens with zero attached hydrogens (tertiary/aromatic N) is 2. The number of rotatable bonds is 9. The largest absolute Gasteiger partial charge is 0.492 e. The molecule has 168 valence electrons. The van der Waals surface area contributed by atoms with Crippen molar-refractivity contribution in [2.24, 2.45) is 0 Å². The number of carbonyl (C=O) groups is 2. The number of sulfonamides is 1. The van der Waals surface area contributed by atoms with Gasteiger partial charge < -0.3 is 15.4 Å². The molecule has 1 saturated heterocycles. The third kappa shape index (κ3) is 5.11. The molecule has 2 N–H and O–H groups in total. The van der Waals surface area contributed by atoms with Gasteiger partial charge in [-0.1, -0.05) is 13.8 Å². The summed E-state index contributed by atoms with van der Waals surface area (Å²) in [5, 5.41) is 5.54. The second-order valence-electron chi connectivity index (χ2n) is 7.47. The summed E-state index contributed by atoms with van der Waals surface area (Å²) in [7, 11) is -3.77. The lowest BCUT2D eigenvalue weighted by atomic mass is 9.99. The van der Waals surface area contributed by atoms with E-state index in [4.69, 9.17) is 4.74 Å². The van der Waals surface area contributed by atoms with E-state index < -0.39 is 15.6 Å². The predicted molar refractivity (Wildman–Crippen MR) is 115 cm³/mol. The Morgan fingerprint density at radius 2 is 1.93 bits per heavy atom. The van der Waals surface area contributed by atoms with Crippen LogP contribution in [0.25, 0.3) is 0 Å². The molecule has 1 aliphatic heterocycles. The van der Waals surface area contributed by atoms with Crippen LogP contribution in [0.2, 0.25) is 0 Å². The van der Waals surface area contributed by atoms with Crippen LogP contribution in [0.3, 0.4) is 0 Å². The van der Waals surface area contributed by atoms with Crippen molar-refractivity contribution >= 4 is 27.5 Å². The van der Waals surface area contributed by atoms with Gasteiger partial charge in [0.2, 0.25) is 21.8 Å². The first-order valence-corrected chi connectivity index (χ1v) is 11.6. The molecule has 9 nitrogen and oxygen atoms in total. The van der Waals surface area contributed by atoms with Crippen molar-refractivity contribution in [2.45, 2.75) is 45.1 Å². The van der Waals surface area contributed by atoms with Crippen LogP contribution in [-0.4, -0.2) is 74.3 Å². The summed E-state index contributed by atoms with van der Waals surface area (Å²) in [6, 6.07) is 4.58. The molecule has 10 heteroatoms. The zero-order valence-corrected chi connectivity index (χ0v) is 19.1. The maximum absolute atomic E-state index is 13.0. The van der Waals surface area contributed by atoms with E-state index in [1.807, 2.05) is 0 Å². The van der Waals surface area contributed by atoms with Gasteiger partial charge in [-0.15, -0.1) is 0 Å². The van der Waals surface area contributed by atoms with Gasteiger partial charge >= 0.3 is 0 Å². The Morgan fingerprint density at radius 1 is 1.27 bits per heavy atom. The van der Waals surface area contributed by atoms with E-state index in [1.165, 1.54) is 10.4 Å². The van der Waals surface area contributed by atoms with Gasteiger partial charge in [-0.25, -0.2) is 8.42 Å². The Balaban J connectivity index is 2.26. The molecule has 2 rings (SSSR count). The van der Waals surface area contributed by atoms with Crippen LogP contribution in [0.5, 0.6) is 5.75 Å². The number of hydrogen-bond acceptors (Lipinski definition) is 6. The Morgan fingerprint density at radius 3 is 2.53 bits per heavy atom. The lowest BCUT2D eigenvalue weighted by Crippen LogP contribution is -2.62. The Bertz CT molecular complexity index is 881. The first-order chi connectivity index (χ1) is 14.1. The second-order valence-corrected chi connectivity index (χ2v) is 9.37.